The number of hydrogen-bond donors (Lipinski definition) is 1. The van der Waals surface area contributed by atoms with Gasteiger partial charge in [0, 0.05) is 19.0 Å². The van der Waals surface area contributed by atoms with Crippen molar-refractivity contribution in [3.05, 3.63) is 0 Å². The minimum absolute atomic E-state index is 0.223. The topological polar surface area (TPSA) is 57.6 Å². The van der Waals surface area contributed by atoms with Crippen LogP contribution in [0.25, 0.3) is 0 Å². The quantitative estimate of drug-likeness (QED) is 0.770. The fraction of sp³-hybridized carbons (Fsp3) is 0.750. The summed E-state index contributed by atoms with van der Waals surface area (Å²) in [6.07, 6.45) is -7.71. The van der Waals surface area contributed by atoms with Gasteiger partial charge in [0.15, 0.2) is 0 Å². The molecule has 0 aromatic rings. The summed E-state index contributed by atoms with van der Waals surface area (Å²) in [6, 6.07) is 0. The van der Waals surface area contributed by atoms with Crippen molar-refractivity contribution in [2.75, 3.05) is 13.1 Å². The molecule has 0 aliphatic carbocycles. The zero-order chi connectivity index (χ0) is 13.4. The highest BCUT2D eigenvalue weighted by atomic mass is 19.4. The summed E-state index contributed by atoms with van der Waals surface area (Å²) in [5, 5.41) is 8.48. The Balaban J connectivity index is 2.77. The molecule has 1 N–H and O–H groups in total. The van der Waals surface area contributed by atoms with Gasteiger partial charge in [0.05, 0.1) is 0 Å². The summed E-state index contributed by atoms with van der Waals surface area (Å²) in [6.45, 7) is -0.848. The number of amides is 1. The van der Waals surface area contributed by atoms with E-state index in [4.69, 9.17) is 5.11 Å². The predicted molar refractivity (Wildman–Crippen MR) is 43.7 cm³/mol. The molecule has 1 aliphatic rings. The van der Waals surface area contributed by atoms with Gasteiger partial charge in [-0.2, -0.15) is 22.0 Å². The van der Waals surface area contributed by atoms with E-state index in [-0.39, 0.29) is 13.0 Å². The minimum atomic E-state index is -5.94. The lowest BCUT2D eigenvalue weighted by Crippen LogP contribution is -2.47. The third kappa shape index (κ3) is 2.47. The molecule has 0 aromatic carbocycles. The van der Waals surface area contributed by atoms with E-state index in [0.717, 1.165) is 0 Å². The molecule has 1 heterocycles. The molecule has 4 nitrogen and oxygen atoms in total. The summed E-state index contributed by atoms with van der Waals surface area (Å²) in [4.78, 5) is 22.0. The Labute approximate surface area is 92.0 Å². The molecule has 0 aromatic heterocycles. The number of carbonyl (C=O) groups excluding carboxylic acids is 1. The molecule has 1 rings (SSSR count). The van der Waals surface area contributed by atoms with Crippen molar-refractivity contribution >= 4 is 11.9 Å². The van der Waals surface area contributed by atoms with Crippen molar-refractivity contribution in [2.24, 2.45) is 5.92 Å². The third-order valence-corrected chi connectivity index (χ3v) is 2.50. The third-order valence-electron chi connectivity index (χ3n) is 2.50. The predicted octanol–water partition coefficient (Wildman–Crippen LogP) is 1.75. The summed E-state index contributed by atoms with van der Waals surface area (Å²) < 4.78 is 61.0. The van der Waals surface area contributed by atoms with Gasteiger partial charge in [-0.3, -0.25) is 4.79 Å². The molecule has 98 valence electrons. The van der Waals surface area contributed by atoms with E-state index >= 15 is 0 Å². The maximum Gasteiger partial charge on any atom is 0.461 e. The molecule has 0 bridgehead atoms. The highest BCUT2D eigenvalue weighted by molar-refractivity contribution is 5.89. The molecule has 1 aliphatic heterocycles. The smallest absolute Gasteiger partial charge is 0.461 e. The lowest BCUT2D eigenvalue weighted by atomic mass is 9.98. The lowest BCUT2D eigenvalue weighted by Gasteiger charge is -2.21. The van der Waals surface area contributed by atoms with Crippen LogP contribution in [-0.2, 0) is 4.79 Å². The highest BCUT2D eigenvalue weighted by Gasteiger charge is 2.64. The normalized spacial score (nSPS) is 21.7. The number of halogens is 5. The van der Waals surface area contributed by atoms with Crippen LogP contribution in [-0.4, -0.2) is 47.1 Å². The first kappa shape index (κ1) is 13.7. The first-order valence-electron chi connectivity index (χ1n) is 4.54. The first-order valence-corrected chi connectivity index (χ1v) is 4.54. The van der Waals surface area contributed by atoms with E-state index in [9.17, 15) is 31.5 Å². The number of alkyl halides is 5. The molecule has 1 fully saturated rings. The van der Waals surface area contributed by atoms with E-state index in [1.54, 1.807) is 0 Å². The van der Waals surface area contributed by atoms with E-state index in [1.807, 2.05) is 0 Å². The van der Waals surface area contributed by atoms with Crippen LogP contribution in [0.3, 0.4) is 0 Å². The second-order valence-electron chi connectivity index (χ2n) is 3.65. The Morgan fingerprint density at radius 2 is 1.71 bits per heavy atom. The van der Waals surface area contributed by atoms with Crippen LogP contribution in [0.15, 0.2) is 0 Å². The largest absolute Gasteiger partial charge is 0.465 e. The number of carboxylic acid groups (broad SMARTS) is 1. The van der Waals surface area contributed by atoms with E-state index in [0.29, 0.717) is 4.90 Å². The fourth-order valence-corrected chi connectivity index (χ4v) is 1.54. The summed E-state index contributed by atoms with van der Waals surface area (Å²) in [7, 11) is 0. The Bertz CT molecular complexity index is 341. The molecule has 0 spiro atoms. The summed E-state index contributed by atoms with van der Waals surface area (Å²) in [5.41, 5.74) is 0. The van der Waals surface area contributed by atoms with Gasteiger partial charge in [-0.05, 0) is 6.42 Å². The van der Waals surface area contributed by atoms with Crippen LogP contribution in [0.5, 0.6) is 0 Å². The molecule has 1 amide bonds. The molecule has 1 atom stereocenters. The zero-order valence-electron chi connectivity index (χ0n) is 8.30. The molecule has 9 heteroatoms. The van der Waals surface area contributed by atoms with Gasteiger partial charge in [0.2, 0.25) is 5.78 Å². The summed E-state index contributed by atoms with van der Waals surface area (Å²) in [5.74, 6) is -9.30. The van der Waals surface area contributed by atoms with Gasteiger partial charge >= 0.3 is 18.2 Å². The van der Waals surface area contributed by atoms with Crippen molar-refractivity contribution in [2.45, 2.75) is 18.5 Å². The van der Waals surface area contributed by atoms with Crippen LogP contribution < -0.4 is 0 Å². The SMILES string of the molecule is O=C(O)N1CCC(C(=O)C(F)(F)C(F)(F)F)C1. The van der Waals surface area contributed by atoms with Gasteiger partial charge in [0.25, 0.3) is 0 Å². The number of Topliss-reactive ketones (excluding diaryl/α,β-unsaturated/α-hetero) is 1. The Morgan fingerprint density at radius 1 is 1.18 bits per heavy atom. The van der Waals surface area contributed by atoms with Crippen molar-refractivity contribution < 1.29 is 36.6 Å². The van der Waals surface area contributed by atoms with Crippen molar-refractivity contribution in [3.63, 3.8) is 0 Å². The molecular weight excluding hydrogens is 253 g/mol. The molecule has 0 radical (unpaired) electrons. The first-order chi connectivity index (χ1) is 7.57. The van der Waals surface area contributed by atoms with Gasteiger partial charge in [-0.25, -0.2) is 4.79 Å². The Morgan fingerprint density at radius 3 is 2.06 bits per heavy atom. The zero-order valence-corrected chi connectivity index (χ0v) is 8.30. The Kier molecular flexibility index (Phi) is 3.30. The maximum absolute atomic E-state index is 12.7. The number of ketones is 1. The van der Waals surface area contributed by atoms with E-state index in [1.165, 1.54) is 0 Å². The number of nitrogens with zero attached hydrogens (tertiary/aromatic N) is 1. The minimum Gasteiger partial charge on any atom is -0.465 e. The van der Waals surface area contributed by atoms with Gasteiger partial charge in [-0.15, -0.1) is 0 Å². The van der Waals surface area contributed by atoms with Crippen LogP contribution in [0.2, 0.25) is 0 Å². The van der Waals surface area contributed by atoms with E-state index < -0.39 is 36.4 Å². The molecule has 0 saturated carbocycles. The monoisotopic (exact) mass is 261 g/mol. The highest BCUT2D eigenvalue weighted by Crippen LogP contribution is 2.39. The van der Waals surface area contributed by atoms with E-state index in [2.05, 4.69) is 0 Å². The summed E-state index contributed by atoms with van der Waals surface area (Å²) >= 11 is 0. The van der Waals surface area contributed by atoms with Crippen molar-refractivity contribution in [1.82, 2.24) is 4.90 Å². The maximum atomic E-state index is 12.7. The number of likely N-dealkylation sites (tertiary alicyclic amines) is 1. The molecule has 1 saturated heterocycles. The number of rotatable bonds is 2. The average molecular weight is 261 g/mol. The van der Waals surface area contributed by atoms with Crippen LogP contribution in [0.1, 0.15) is 6.42 Å². The standard InChI is InChI=1S/C8H8F5NO3/c9-7(10,8(11,12)13)5(15)4-1-2-14(3-4)6(16)17/h4H,1-3H2,(H,16,17). The molecule has 17 heavy (non-hydrogen) atoms. The lowest BCUT2D eigenvalue weighted by molar-refractivity contribution is -0.270. The fourth-order valence-electron chi connectivity index (χ4n) is 1.54. The average Bonchev–Trinajstić information content (AvgIpc) is 2.63. The number of hydrogen-bond acceptors (Lipinski definition) is 2. The second-order valence-corrected chi connectivity index (χ2v) is 3.65. The van der Waals surface area contributed by atoms with Crippen LogP contribution in [0, 0.1) is 5.92 Å². The van der Waals surface area contributed by atoms with Crippen molar-refractivity contribution in [3.8, 4) is 0 Å². The molecule has 1 unspecified atom stereocenters. The van der Waals surface area contributed by atoms with Crippen LogP contribution in [0.4, 0.5) is 26.7 Å². The molecular formula is C8H8F5NO3. The van der Waals surface area contributed by atoms with Gasteiger partial charge in [0.1, 0.15) is 0 Å². The van der Waals surface area contributed by atoms with Crippen molar-refractivity contribution in [1.29, 1.82) is 0 Å². The second kappa shape index (κ2) is 4.11. The van der Waals surface area contributed by atoms with Gasteiger partial charge < -0.3 is 10.0 Å². The Hall–Kier alpha value is -1.41. The number of carbonyl (C=O) groups is 2. The van der Waals surface area contributed by atoms with Gasteiger partial charge in [-0.1, -0.05) is 0 Å². The van der Waals surface area contributed by atoms with Crippen LogP contribution >= 0.6 is 0 Å².